The second-order valence-corrected chi connectivity index (χ2v) is 3.31. The van der Waals surface area contributed by atoms with Crippen molar-refractivity contribution in [2.75, 3.05) is 20.8 Å². The Labute approximate surface area is 101 Å². The van der Waals surface area contributed by atoms with Crippen LogP contribution in [-0.2, 0) is 16.1 Å². The van der Waals surface area contributed by atoms with Gasteiger partial charge >= 0.3 is 0 Å². The van der Waals surface area contributed by atoms with Gasteiger partial charge in [-0.05, 0) is 13.0 Å². The summed E-state index contributed by atoms with van der Waals surface area (Å²) < 4.78 is 10.3. The van der Waals surface area contributed by atoms with E-state index in [1.54, 1.807) is 39.3 Å². The summed E-state index contributed by atoms with van der Waals surface area (Å²) in [5, 5.41) is 0. The maximum atomic E-state index is 11.5. The Balaban J connectivity index is 2.73. The predicted molar refractivity (Wildman–Crippen MR) is 63.0 cm³/mol. The molecule has 0 atom stereocenters. The molecular weight excluding hydrogens is 222 g/mol. The smallest absolute Gasteiger partial charge is 0.248 e. The number of carbonyl (C=O) groups is 1. The second kappa shape index (κ2) is 6.75. The number of rotatable bonds is 6. The number of nitrogens with one attached hydrogen (secondary N) is 1. The lowest BCUT2D eigenvalue weighted by Gasteiger charge is -2.10. The highest BCUT2D eigenvalue weighted by atomic mass is 16.6. The van der Waals surface area contributed by atoms with Gasteiger partial charge in [0.05, 0.1) is 27.2 Å². The summed E-state index contributed by atoms with van der Waals surface area (Å²) in [5.74, 6) is 1.10. The van der Waals surface area contributed by atoms with Crippen LogP contribution in [0.2, 0.25) is 0 Å². The third-order valence-corrected chi connectivity index (χ3v) is 2.18. The summed E-state index contributed by atoms with van der Waals surface area (Å²) in [6, 6.07) is 5.32. The van der Waals surface area contributed by atoms with Crippen LogP contribution in [0, 0.1) is 0 Å². The molecule has 0 aliphatic carbocycles. The van der Waals surface area contributed by atoms with E-state index in [0.29, 0.717) is 18.1 Å². The fraction of sp³-hybridized carbons (Fsp3) is 0.417. The van der Waals surface area contributed by atoms with Crippen molar-refractivity contribution in [3.63, 3.8) is 0 Å². The molecule has 5 heteroatoms. The van der Waals surface area contributed by atoms with Crippen LogP contribution in [0.5, 0.6) is 11.5 Å². The van der Waals surface area contributed by atoms with Crippen LogP contribution in [0.4, 0.5) is 0 Å². The molecule has 0 heterocycles. The van der Waals surface area contributed by atoms with Crippen molar-refractivity contribution in [2.24, 2.45) is 0 Å². The Hall–Kier alpha value is -1.75. The van der Waals surface area contributed by atoms with Crippen LogP contribution in [0.1, 0.15) is 12.5 Å². The molecule has 1 rings (SSSR count). The zero-order chi connectivity index (χ0) is 12.7. The number of ether oxygens (including phenoxy) is 2. The van der Waals surface area contributed by atoms with Gasteiger partial charge in [-0.15, -0.1) is 0 Å². The van der Waals surface area contributed by atoms with Crippen LogP contribution in [0.15, 0.2) is 18.2 Å². The van der Waals surface area contributed by atoms with E-state index in [1.165, 1.54) is 0 Å². The van der Waals surface area contributed by atoms with Crippen LogP contribution in [-0.4, -0.2) is 26.7 Å². The van der Waals surface area contributed by atoms with Gasteiger partial charge in [0.2, 0.25) is 5.91 Å². The molecule has 94 valence electrons. The van der Waals surface area contributed by atoms with Crippen molar-refractivity contribution < 1.29 is 19.1 Å². The summed E-state index contributed by atoms with van der Waals surface area (Å²) in [7, 11) is 3.13. The van der Waals surface area contributed by atoms with Crippen molar-refractivity contribution >= 4 is 5.91 Å². The molecule has 0 saturated heterocycles. The van der Waals surface area contributed by atoms with Gasteiger partial charge in [-0.1, -0.05) is 6.07 Å². The van der Waals surface area contributed by atoms with Gasteiger partial charge in [-0.25, -0.2) is 5.48 Å². The molecule has 0 unspecified atom stereocenters. The first-order valence-corrected chi connectivity index (χ1v) is 5.32. The molecule has 0 saturated carbocycles. The molecule has 0 aliphatic heterocycles. The Bertz CT molecular complexity index is 379. The lowest BCUT2D eigenvalue weighted by molar-refractivity contribution is -0.132. The molecular formula is C12H17NO4. The van der Waals surface area contributed by atoms with E-state index in [9.17, 15) is 4.79 Å². The summed E-state index contributed by atoms with van der Waals surface area (Å²) in [4.78, 5) is 16.3. The summed E-state index contributed by atoms with van der Waals surface area (Å²) in [6.45, 7) is 2.24. The Morgan fingerprint density at radius 2 is 2.06 bits per heavy atom. The zero-order valence-electron chi connectivity index (χ0n) is 10.3. The number of hydrogen-bond acceptors (Lipinski definition) is 4. The number of carbonyl (C=O) groups excluding carboxylic acids is 1. The average molecular weight is 239 g/mol. The maximum absolute atomic E-state index is 11.5. The van der Waals surface area contributed by atoms with Gasteiger partial charge in [0, 0.05) is 11.6 Å². The standard InChI is InChI=1S/C12H17NO4/c1-4-17-13-12(14)7-9-5-6-10(15-2)8-11(9)16-3/h5-6,8H,4,7H2,1-3H3,(H,13,14). The molecule has 1 aromatic rings. The molecule has 0 radical (unpaired) electrons. The second-order valence-electron chi connectivity index (χ2n) is 3.31. The van der Waals surface area contributed by atoms with Gasteiger partial charge in [-0.2, -0.15) is 0 Å². The molecule has 1 amide bonds. The lowest BCUT2D eigenvalue weighted by Crippen LogP contribution is -2.25. The first kappa shape index (κ1) is 13.3. The first-order chi connectivity index (χ1) is 8.21. The number of hydroxylamine groups is 1. The van der Waals surface area contributed by atoms with Gasteiger partial charge in [0.25, 0.3) is 0 Å². The predicted octanol–water partition coefficient (Wildman–Crippen LogP) is 1.31. The highest BCUT2D eigenvalue weighted by molar-refractivity contribution is 5.78. The maximum Gasteiger partial charge on any atom is 0.248 e. The molecule has 0 aromatic heterocycles. The van der Waals surface area contributed by atoms with Crippen LogP contribution < -0.4 is 15.0 Å². The van der Waals surface area contributed by atoms with Gasteiger partial charge in [0.1, 0.15) is 11.5 Å². The largest absolute Gasteiger partial charge is 0.497 e. The van der Waals surface area contributed by atoms with Crippen LogP contribution in [0.25, 0.3) is 0 Å². The Morgan fingerprint density at radius 3 is 2.65 bits per heavy atom. The number of hydrogen-bond donors (Lipinski definition) is 1. The highest BCUT2D eigenvalue weighted by Crippen LogP contribution is 2.24. The fourth-order valence-electron chi connectivity index (χ4n) is 1.36. The van der Waals surface area contributed by atoms with Gasteiger partial charge < -0.3 is 9.47 Å². The molecule has 17 heavy (non-hydrogen) atoms. The number of benzene rings is 1. The number of amides is 1. The van der Waals surface area contributed by atoms with Crippen LogP contribution >= 0.6 is 0 Å². The van der Waals surface area contributed by atoms with Crippen molar-refractivity contribution in [1.82, 2.24) is 5.48 Å². The minimum Gasteiger partial charge on any atom is -0.497 e. The molecule has 1 N–H and O–H groups in total. The molecule has 0 spiro atoms. The van der Waals surface area contributed by atoms with E-state index in [4.69, 9.17) is 14.3 Å². The molecule has 5 nitrogen and oxygen atoms in total. The molecule has 0 bridgehead atoms. The fourth-order valence-corrected chi connectivity index (χ4v) is 1.36. The Morgan fingerprint density at radius 1 is 1.29 bits per heavy atom. The van der Waals surface area contributed by atoms with E-state index in [0.717, 1.165) is 5.56 Å². The molecule has 1 aromatic carbocycles. The zero-order valence-corrected chi connectivity index (χ0v) is 10.3. The molecule has 0 aliphatic rings. The molecule has 0 fully saturated rings. The van der Waals surface area contributed by atoms with Crippen molar-refractivity contribution in [2.45, 2.75) is 13.3 Å². The van der Waals surface area contributed by atoms with Crippen molar-refractivity contribution in [3.8, 4) is 11.5 Å². The Kier molecular flexibility index (Phi) is 5.29. The lowest BCUT2D eigenvalue weighted by atomic mass is 10.1. The minimum absolute atomic E-state index is 0.202. The van der Waals surface area contributed by atoms with E-state index in [-0.39, 0.29) is 12.3 Å². The minimum atomic E-state index is -0.213. The van der Waals surface area contributed by atoms with Crippen molar-refractivity contribution in [1.29, 1.82) is 0 Å². The van der Waals surface area contributed by atoms with Gasteiger partial charge in [0.15, 0.2) is 0 Å². The van der Waals surface area contributed by atoms with E-state index >= 15 is 0 Å². The summed E-state index contributed by atoms with van der Waals surface area (Å²) in [6.07, 6.45) is 0.202. The quantitative estimate of drug-likeness (QED) is 0.760. The third kappa shape index (κ3) is 3.96. The normalized spacial score (nSPS) is 9.82. The van der Waals surface area contributed by atoms with Crippen LogP contribution in [0.3, 0.4) is 0 Å². The highest BCUT2D eigenvalue weighted by Gasteiger charge is 2.09. The summed E-state index contributed by atoms with van der Waals surface area (Å²) in [5.41, 5.74) is 3.12. The van der Waals surface area contributed by atoms with E-state index in [1.807, 2.05) is 0 Å². The SMILES string of the molecule is CCONC(=O)Cc1ccc(OC)cc1OC. The van der Waals surface area contributed by atoms with Crippen molar-refractivity contribution in [3.05, 3.63) is 23.8 Å². The average Bonchev–Trinajstić information content (AvgIpc) is 2.36. The monoisotopic (exact) mass is 239 g/mol. The third-order valence-electron chi connectivity index (χ3n) is 2.18. The first-order valence-electron chi connectivity index (χ1n) is 5.32. The van der Waals surface area contributed by atoms with Gasteiger partial charge in [-0.3, -0.25) is 9.63 Å². The van der Waals surface area contributed by atoms with E-state index in [2.05, 4.69) is 5.48 Å². The summed E-state index contributed by atoms with van der Waals surface area (Å²) >= 11 is 0. The number of methoxy groups -OCH3 is 2. The van der Waals surface area contributed by atoms with E-state index < -0.39 is 0 Å². The topological polar surface area (TPSA) is 56.8 Å².